The van der Waals surface area contributed by atoms with Gasteiger partial charge in [0.15, 0.2) is 0 Å². The SMILES string of the molecule is CC(=O)Nc1cccc(-c2c(-c3ccc4nccnc4c3)n(C)n(C)c2=O)c1.Cn1c(-c2ccc3nccnc3c2)c(-c2cccc(C(N)=O)c2)c(=O)n1C. The van der Waals surface area contributed by atoms with Crippen molar-refractivity contribution in [2.75, 3.05) is 5.32 Å². The van der Waals surface area contributed by atoms with Crippen LogP contribution in [0.3, 0.4) is 0 Å². The zero-order valence-corrected chi connectivity index (χ0v) is 30.7. The van der Waals surface area contributed by atoms with Crippen molar-refractivity contribution in [2.24, 2.45) is 33.9 Å². The molecule has 0 aliphatic rings. The maximum Gasteiger partial charge on any atom is 0.274 e. The third-order valence-electron chi connectivity index (χ3n) is 9.43. The Hall–Kier alpha value is -7.48. The second-order valence-electron chi connectivity index (χ2n) is 12.9. The lowest BCUT2D eigenvalue weighted by Gasteiger charge is -2.10. The Kier molecular flexibility index (Phi) is 9.47. The molecule has 4 aromatic carbocycles. The Morgan fingerprint density at radius 3 is 1.47 bits per heavy atom. The number of carbonyl (C=O) groups excluding carboxylic acids is 2. The smallest absolute Gasteiger partial charge is 0.274 e. The maximum absolute atomic E-state index is 13.0. The van der Waals surface area contributed by atoms with Crippen LogP contribution in [-0.4, -0.2) is 50.5 Å². The first-order chi connectivity index (χ1) is 26.4. The highest BCUT2D eigenvalue weighted by atomic mass is 16.2. The fourth-order valence-electron chi connectivity index (χ4n) is 6.61. The van der Waals surface area contributed by atoms with E-state index in [0.29, 0.717) is 27.9 Å². The number of hydrogen-bond donors (Lipinski definition) is 2. The van der Waals surface area contributed by atoms with E-state index in [4.69, 9.17) is 5.73 Å². The third-order valence-corrected chi connectivity index (χ3v) is 9.43. The topological polar surface area (TPSA) is 178 Å². The monoisotopic (exact) mass is 732 g/mol. The number of hydrogen-bond acceptors (Lipinski definition) is 8. The van der Waals surface area contributed by atoms with Crippen molar-refractivity contribution in [3.63, 3.8) is 0 Å². The minimum absolute atomic E-state index is 0.114. The van der Waals surface area contributed by atoms with Gasteiger partial charge in [0.2, 0.25) is 11.8 Å². The molecule has 0 bridgehead atoms. The minimum atomic E-state index is -0.535. The van der Waals surface area contributed by atoms with Crippen molar-refractivity contribution in [3.05, 3.63) is 136 Å². The van der Waals surface area contributed by atoms with Crippen molar-refractivity contribution in [2.45, 2.75) is 6.92 Å². The van der Waals surface area contributed by atoms with Gasteiger partial charge in [0.05, 0.1) is 44.6 Å². The number of carbonyl (C=O) groups is 2. The number of nitrogens with two attached hydrogens (primary N) is 1. The summed E-state index contributed by atoms with van der Waals surface area (Å²) in [5, 5.41) is 2.77. The zero-order chi connectivity index (χ0) is 39.0. The number of anilines is 1. The van der Waals surface area contributed by atoms with E-state index in [2.05, 4.69) is 25.3 Å². The molecule has 2 amide bonds. The Labute approximate surface area is 314 Å². The number of nitrogens with zero attached hydrogens (tertiary/aromatic N) is 8. The minimum Gasteiger partial charge on any atom is -0.366 e. The first-order valence-corrected chi connectivity index (χ1v) is 17.2. The lowest BCUT2D eigenvalue weighted by Crippen LogP contribution is -2.17. The first-order valence-electron chi connectivity index (χ1n) is 17.2. The lowest BCUT2D eigenvalue weighted by molar-refractivity contribution is -0.114. The summed E-state index contributed by atoms with van der Waals surface area (Å²) in [4.78, 5) is 66.2. The fraction of sp³-hybridized carbons (Fsp3) is 0.122. The number of primary amides is 1. The quantitative estimate of drug-likeness (QED) is 0.238. The molecule has 4 aromatic heterocycles. The number of fused-ring (bicyclic) bond motifs is 2. The van der Waals surface area contributed by atoms with Crippen LogP contribution in [0.4, 0.5) is 5.69 Å². The molecule has 0 aliphatic heterocycles. The average Bonchev–Trinajstić information content (AvgIpc) is 3.56. The van der Waals surface area contributed by atoms with Crippen LogP contribution in [0.5, 0.6) is 0 Å². The predicted molar refractivity (Wildman–Crippen MR) is 212 cm³/mol. The fourth-order valence-corrected chi connectivity index (χ4v) is 6.61. The van der Waals surface area contributed by atoms with E-state index < -0.39 is 5.91 Å². The van der Waals surface area contributed by atoms with E-state index in [9.17, 15) is 19.2 Å². The van der Waals surface area contributed by atoms with Crippen LogP contribution in [0.1, 0.15) is 17.3 Å². The van der Waals surface area contributed by atoms with Gasteiger partial charge in [-0.25, -0.2) is 0 Å². The molecule has 274 valence electrons. The molecule has 0 spiro atoms. The van der Waals surface area contributed by atoms with Crippen molar-refractivity contribution in [3.8, 4) is 44.8 Å². The molecule has 14 nitrogen and oxygen atoms in total. The van der Waals surface area contributed by atoms with Crippen molar-refractivity contribution >= 4 is 39.6 Å². The Bertz CT molecular complexity index is 2920. The summed E-state index contributed by atoms with van der Waals surface area (Å²) in [5.41, 5.74) is 14.9. The number of rotatable bonds is 6. The molecule has 0 atom stereocenters. The average molecular weight is 733 g/mol. The van der Waals surface area contributed by atoms with E-state index in [0.717, 1.165) is 50.1 Å². The van der Waals surface area contributed by atoms with Gasteiger partial charge in [0, 0.05) is 82.3 Å². The van der Waals surface area contributed by atoms with E-state index >= 15 is 0 Å². The number of amides is 2. The van der Waals surface area contributed by atoms with Gasteiger partial charge in [-0.2, -0.15) is 0 Å². The largest absolute Gasteiger partial charge is 0.366 e. The van der Waals surface area contributed by atoms with Gasteiger partial charge in [-0.05, 0) is 59.7 Å². The molecule has 4 heterocycles. The summed E-state index contributed by atoms with van der Waals surface area (Å²) in [7, 11) is 7.10. The number of aromatic nitrogens is 8. The lowest BCUT2D eigenvalue weighted by atomic mass is 9.99. The molecule has 0 saturated carbocycles. The highest BCUT2D eigenvalue weighted by Gasteiger charge is 2.22. The third kappa shape index (κ3) is 6.79. The van der Waals surface area contributed by atoms with E-state index in [1.54, 1.807) is 78.6 Å². The summed E-state index contributed by atoms with van der Waals surface area (Å²) in [6.07, 6.45) is 6.57. The van der Waals surface area contributed by atoms with Crippen LogP contribution in [0.2, 0.25) is 0 Å². The highest BCUT2D eigenvalue weighted by Crippen LogP contribution is 2.33. The molecule has 14 heteroatoms. The molecule has 3 N–H and O–H groups in total. The summed E-state index contributed by atoms with van der Waals surface area (Å²) < 4.78 is 6.70. The maximum atomic E-state index is 13.0. The van der Waals surface area contributed by atoms with Crippen LogP contribution < -0.4 is 22.2 Å². The van der Waals surface area contributed by atoms with Gasteiger partial charge in [-0.15, -0.1) is 0 Å². The van der Waals surface area contributed by atoms with Crippen LogP contribution in [0, 0.1) is 0 Å². The molecule has 0 saturated heterocycles. The summed E-state index contributed by atoms with van der Waals surface area (Å²) in [6, 6.07) is 25.5. The standard InChI is InChI=1S/C21H19N5O2.C20H17N5O2/c1-13(27)24-16-6-4-5-14(11-16)19-20(25(2)26(3)21(19)28)15-7-8-17-18(12-15)23-10-9-22-17;1-24-18(13-6-7-15-16(11-13)23-9-8-22-15)17(20(27)25(24)2)12-4-3-5-14(10-12)19(21)26/h4-12H,1-3H3,(H,24,27);3-11H,1-2H3,(H2,21,26). The van der Waals surface area contributed by atoms with Crippen LogP contribution in [0.25, 0.3) is 66.8 Å². The van der Waals surface area contributed by atoms with Gasteiger partial charge in [0.1, 0.15) is 0 Å². The molecule has 0 radical (unpaired) electrons. The van der Waals surface area contributed by atoms with Crippen molar-refractivity contribution in [1.82, 2.24) is 38.7 Å². The van der Waals surface area contributed by atoms with Gasteiger partial charge in [-0.1, -0.05) is 36.4 Å². The van der Waals surface area contributed by atoms with Crippen LogP contribution >= 0.6 is 0 Å². The summed E-state index contributed by atoms with van der Waals surface area (Å²) in [5.74, 6) is -0.696. The molecule has 0 aliphatic carbocycles. The summed E-state index contributed by atoms with van der Waals surface area (Å²) >= 11 is 0. The number of benzene rings is 4. The number of nitrogens with one attached hydrogen (secondary N) is 1. The highest BCUT2D eigenvalue weighted by molar-refractivity contribution is 5.95. The van der Waals surface area contributed by atoms with Gasteiger partial charge in [0.25, 0.3) is 11.1 Å². The van der Waals surface area contributed by atoms with Crippen molar-refractivity contribution in [1.29, 1.82) is 0 Å². The molecule has 0 unspecified atom stereocenters. The van der Waals surface area contributed by atoms with Gasteiger partial charge in [-0.3, -0.25) is 57.8 Å². The molecule has 55 heavy (non-hydrogen) atoms. The molecule has 8 aromatic rings. The molecule has 8 rings (SSSR count). The Balaban J connectivity index is 0.000000169. The second-order valence-corrected chi connectivity index (χ2v) is 12.9. The molecule has 0 fully saturated rings. The van der Waals surface area contributed by atoms with Crippen LogP contribution in [0.15, 0.2) is 119 Å². The Morgan fingerprint density at radius 1 is 0.545 bits per heavy atom. The summed E-state index contributed by atoms with van der Waals surface area (Å²) in [6.45, 7) is 1.45. The van der Waals surface area contributed by atoms with E-state index in [1.165, 1.54) is 11.6 Å². The Morgan fingerprint density at radius 2 is 1.00 bits per heavy atom. The molecular formula is C41H36N10O4. The van der Waals surface area contributed by atoms with E-state index in [1.807, 2.05) is 73.4 Å². The van der Waals surface area contributed by atoms with Gasteiger partial charge < -0.3 is 11.1 Å². The predicted octanol–water partition coefficient (Wildman–Crippen LogP) is 5.06. The van der Waals surface area contributed by atoms with Crippen LogP contribution in [-0.2, 0) is 33.0 Å². The van der Waals surface area contributed by atoms with E-state index in [-0.39, 0.29) is 17.0 Å². The zero-order valence-electron chi connectivity index (χ0n) is 30.7. The first kappa shape index (κ1) is 35.9. The second kappa shape index (κ2) is 14.5. The normalized spacial score (nSPS) is 11.0. The molecular weight excluding hydrogens is 697 g/mol. The van der Waals surface area contributed by atoms with Gasteiger partial charge >= 0.3 is 0 Å². The van der Waals surface area contributed by atoms with Crippen molar-refractivity contribution < 1.29 is 9.59 Å².